The van der Waals surface area contributed by atoms with Crippen LogP contribution in [0.1, 0.15) is 54.9 Å². The van der Waals surface area contributed by atoms with Crippen LogP contribution in [0.15, 0.2) is 61.1 Å². The van der Waals surface area contributed by atoms with Crippen molar-refractivity contribution in [2.45, 2.75) is 44.6 Å². The van der Waals surface area contributed by atoms with E-state index in [1.54, 1.807) is 42.1 Å². The first-order chi connectivity index (χ1) is 27.3. The van der Waals surface area contributed by atoms with Gasteiger partial charge in [0.2, 0.25) is 5.91 Å². The molecule has 3 aliphatic rings. The molecule has 5 heterocycles. The lowest BCUT2D eigenvalue weighted by molar-refractivity contribution is -0.123. The van der Waals surface area contributed by atoms with Gasteiger partial charge in [-0.15, -0.1) is 0 Å². The molecule has 17 heteroatoms. The number of amides is 4. The van der Waals surface area contributed by atoms with Gasteiger partial charge >= 0.3 is 6.03 Å². The van der Waals surface area contributed by atoms with E-state index >= 15 is 0 Å². The van der Waals surface area contributed by atoms with Crippen molar-refractivity contribution in [2.75, 3.05) is 68.6 Å². The number of carboxylic acid groups (broad SMARTS) is 1. The van der Waals surface area contributed by atoms with Gasteiger partial charge in [0.25, 0.3) is 12.4 Å². The molecule has 0 spiro atoms. The number of hydrogen-bond acceptors (Lipinski definition) is 11. The summed E-state index contributed by atoms with van der Waals surface area (Å²) in [6, 6.07) is 13.2. The normalized spacial score (nSPS) is 19.0. The van der Waals surface area contributed by atoms with Crippen LogP contribution in [-0.4, -0.2) is 112 Å². The van der Waals surface area contributed by atoms with Crippen LogP contribution in [0.3, 0.4) is 0 Å². The van der Waals surface area contributed by atoms with Crippen molar-refractivity contribution in [1.29, 1.82) is 0 Å². The molecule has 3 aromatic heterocycles. The monoisotopic (exact) mass is 766 g/mol. The van der Waals surface area contributed by atoms with E-state index in [1.807, 2.05) is 36.4 Å². The molecule has 1 aliphatic carbocycles. The summed E-state index contributed by atoms with van der Waals surface area (Å²) < 4.78 is 14.9. The van der Waals surface area contributed by atoms with Crippen molar-refractivity contribution >= 4 is 58.1 Å². The number of nitrogens with one attached hydrogen (secondary N) is 2. The number of rotatable bonds is 10. The second-order valence-corrected chi connectivity index (χ2v) is 14.1. The highest BCUT2D eigenvalue weighted by molar-refractivity contribution is 6.08. The Bertz CT molecular complexity index is 2200. The van der Waals surface area contributed by atoms with Crippen molar-refractivity contribution in [3.63, 3.8) is 0 Å². The third-order valence-corrected chi connectivity index (χ3v) is 10.9. The van der Waals surface area contributed by atoms with E-state index in [9.17, 15) is 14.4 Å². The molecular weight excluding hydrogens is 720 g/mol. The summed E-state index contributed by atoms with van der Waals surface area (Å²) in [5.41, 5.74) is 3.62. The van der Waals surface area contributed by atoms with Crippen molar-refractivity contribution in [2.24, 2.45) is 5.92 Å². The van der Waals surface area contributed by atoms with E-state index in [-0.39, 0.29) is 24.7 Å². The summed E-state index contributed by atoms with van der Waals surface area (Å²) in [4.78, 5) is 56.5. The minimum atomic E-state index is -0.415. The molecule has 5 aromatic rings. The molecule has 0 atom stereocenters. The van der Waals surface area contributed by atoms with Gasteiger partial charge in [0.15, 0.2) is 11.5 Å². The smallest absolute Gasteiger partial charge is 0.328 e. The Hall–Kier alpha value is -6.23. The Balaban J connectivity index is 0.00000155. The lowest BCUT2D eigenvalue weighted by Crippen LogP contribution is -2.49. The summed E-state index contributed by atoms with van der Waals surface area (Å²) >= 11 is 0. The number of aromatic nitrogens is 5. The molecule has 0 unspecified atom stereocenters. The van der Waals surface area contributed by atoms with E-state index in [2.05, 4.69) is 41.4 Å². The van der Waals surface area contributed by atoms with Gasteiger partial charge < -0.3 is 24.8 Å². The number of piperazine rings is 1. The number of carbonyl (C=O) groups is 4. The Labute approximate surface area is 323 Å². The molecule has 3 N–H and O–H groups in total. The Kier molecular flexibility index (Phi) is 11.6. The molecule has 4 amide bonds. The maximum absolute atomic E-state index is 13.4. The minimum Gasteiger partial charge on any atom is -0.496 e. The van der Waals surface area contributed by atoms with Crippen LogP contribution in [-0.2, 0) is 9.59 Å². The second-order valence-electron chi connectivity index (χ2n) is 14.1. The van der Waals surface area contributed by atoms with Gasteiger partial charge in [-0.2, -0.15) is 14.7 Å². The predicted octanol–water partition coefficient (Wildman–Crippen LogP) is 4.44. The minimum absolute atomic E-state index is 0.250. The van der Waals surface area contributed by atoms with Crippen molar-refractivity contribution in [3.05, 3.63) is 66.6 Å². The quantitative estimate of drug-likeness (QED) is 0.170. The van der Waals surface area contributed by atoms with Crippen molar-refractivity contribution in [3.8, 4) is 11.5 Å². The Morgan fingerprint density at radius 1 is 1.00 bits per heavy atom. The lowest BCUT2D eigenvalue weighted by atomic mass is 9.84. The van der Waals surface area contributed by atoms with E-state index < -0.39 is 6.03 Å². The largest absolute Gasteiger partial charge is 0.496 e. The van der Waals surface area contributed by atoms with Gasteiger partial charge in [0.1, 0.15) is 11.5 Å². The van der Waals surface area contributed by atoms with Crippen LogP contribution in [0.5, 0.6) is 11.5 Å². The van der Waals surface area contributed by atoms with Crippen molar-refractivity contribution in [1.82, 2.24) is 34.6 Å². The fourth-order valence-electron chi connectivity index (χ4n) is 7.88. The van der Waals surface area contributed by atoms with Gasteiger partial charge in [0, 0.05) is 74.7 Å². The molecule has 8 rings (SSSR count). The lowest BCUT2D eigenvalue weighted by Gasteiger charge is -2.37. The van der Waals surface area contributed by atoms with Gasteiger partial charge in [-0.3, -0.25) is 34.2 Å². The van der Waals surface area contributed by atoms with Crippen LogP contribution in [0.2, 0.25) is 0 Å². The first kappa shape index (κ1) is 38.1. The Morgan fingerprint density at radius 2 is 1.77 bits per heavy atom. The number of ether oxygens (including phenoxy) is 2. The first-order valence-corrected chi connectivity index (χ1v) is 18.8. The number of fused-ring (bicyclic) bond motifs is 2. The molecular formula is C39H46N10O7. The van der Waals surface area contributed by atoms with Gasteiger partial charge in [0.05, 0.1) is 43.2 Å². The van der Waals surface area contributed by atoms with Crippen LogP contribution in [0, 0.1) is 5.92 Å². The molecule has 2 saturated heterocycles. The van der Waals surface area contributed by atoms with E-state index in [0.717, 1.165) is 62.2 Å². The number of urea groups is 1. The molecule has 2 aromatic carbocycles. The zero-order valence-electron chi connectivity index (χ0n) is 31.5. The first-order valence-electron chi connectivity index (χ1n) is 18.8. The maximum atomic E-state index is 13.4. The zero-order chi connectivity index (χ0) is 39.2. The molecule has 2 aliphatic heterocycles. The summed E-state index contributed by atoms with van der Waals surface area (Å²) in [5, 5.41) is 22.3. The Morgan fingerprint density at radius 3 is 2.50 bits per heavy atom. The molecule has 1 saturated carbocycles. The SMILES string of the molecule is COc1cc2nn(C3CCC(CCN4CCN(c5ccc(N6CCC(=O)NC6=O)c(OC)c5)CC4)CC3)cc2cc1C(=O)Nc1cnc2cccnn12.O=CO. The topological polar surface area (TPSA) is 189 Å². The number of benzene rings is 2. The predicted molar refractivity (Wildman–Crippen MR) is 209 cm³/mol. The number of imidazole rings is 1. The summed E-state index contributed by atoms with van der Waals surface area (Å²) in [6.07, 6.45) is 11.2. The standard InChI is InChI=1S/C38H44N10O5.CH2O2/c1-52-32-22-30-26(20-29(32)37(50)41-35-23-39-34-4-3-13-40-48(34)35)24-47(43-30)27-7-5-25(6-8-27)11-14-44-16-18-45(19-17-44)28-9-10-31(33(21-28)53-2)46-15-12-36(49)42-38(46)51;2-1-3/h3-4,9-10,13,20-25,27H,5-8,11-12,14-19H2,1-2H3,(H,41,50)(H,42,49,51);1H,(H,2,3). The number of methoxy groups -OCH3 is 2. The van der Waals surface area contributed by atoms with Crippen LogP contribution in [0.4, 0.5) is 22.0 Å². The number of carbonyl (C=O) groups excluding carboxylic acids is 3. The molecule has 56 heavy (non-hydrogen) atoms. The summed E-state index contributed by atoms with van der Waals surface area (Å²) in [7, 11) is 3.17. The molecule has 0 radical (unpaired) electrons. The summed E-state index contributed by atoms with van der Waals surface area (Å²) in [5.74, 6) is 1.71. The highest BCUT2D eigenvalue weighted by atomic mass is 16.5. The van der Waals surface area contributed by atoms with Crippen LogP contribution < -0.4 is 29.9 Å². The molecule has 17 nitrogen and oxygen atoms in total. The average molecular weight is 767 g/mol. The second kappa shape index (κ2) is 17.1. The van der Waals surface area contributed by atoms with Gasteiger partial charge in [-0.25, -0.2) is 9.78 Å². The van der Waals surface area contributed by atoms with E-state index in [1.165, 1.54) is 19.3 Å². The maximum Gasteiger partial charge on any atom is 0.328 e. The average Bonchev–Trinajstić information content (AvgIpc) is 3.84. The van der Waals surface area contributed by atoms with Gasteiger partial charge in [-0.05, 0) is 74.9 Å². The van der Waals surface area contributed by atoms with Crippen LogP contribution >= 0.6 is 0 Å². The molecule has 0 bridgehead atoms. The number of hydrogen-bond donors (Lipinski definition) is 3. The molecule has 3 fully saturated rings. The fourth-order valence-corrected chi connectivity index (χ4v) is 7.88. The third kappa shape index (κ3) is 8.22. The third-order valence-electron chi connectivity index (χ3n) is 10.9. The fraction of sp³-hybridized carbons (Fsp3) is 0.410. The van der Waals surface area contributed by atoms with Crippen LogP contribution in [0.25, 0.3) is 16.6 Å². The zero-order valence-corrected chi connectivity index (χ0v) is 31.5. The summed E-state index contributed by atoms with van der Waals surface area (Å²) in [6.45, 7) is 5.02. The highest BCUT2D eigenvalue weighted by Crippen LogP contribution is 2.37. The van der Waals surface area contributed by atoms with Crippen molar-refractivity contribution < 1.29 is 33.8 Å². The van der Waals surface area contributed by atoms with E-state index in [0.29, 0.717) is 52.7 Å². The van der Waals surface area contributed by atoms with Gasteiger partial charge in [-0.1, -0.05) is 0 Å². The number of anilines is 3. The number of imide groups is 1. The molecule has 294 valence electrons. The van der Waals surface area contributed by atoms with E-state index in [4.69, 9.17) is 24.5 Å². The number of nitrogens with zero attached hydrogens (tertiary/aromatic N) is 8. The highest BCUT2D eigenvalue weighted by Gasteiger charge is 2.28.